The monoisotopic (exact) mass is 446 g/mol. The average molecular weight is 447 g/mol. The van der Waals surface area contributed by atoms with Crippen molar-refractivity contribution in [1.29, 1.82) is 0 Å². The highest BCUT2D eigenvalue weighted by Gasteiger charge is 2.43. The molecule has 0 fully saturated rings. The van der Waals surface area contributed by atoms with E-state index in [4.69, 9.17) is 4.74 Å². The molecule has 1 N–H and O–H groups in total. The molecule has 7 nitrogen and oxygen atoms in total. The summed E-state index contributed by atoms with van der Waals surface area (Å²) in [6.07, 6.45) is 0.241. The highest BCUT2D eigenvalue weighted by Crippen LogP contribution is 2.33. The second-order valence-corrected chi connectivity index (χ2v) is 8.10. The summed E-state index contributed by atoms with van der Waals surface area (Å²) in [6, 6.07) is 9.58. The number of amides is 1. The number of esters is 1. The lowest BCUT2D eigenvalue weighted by molar-refractivity contribution is -0.384. The third-order valence-electron chi connectivity index (χ3n) is 4.75. The summed E-state index contributed by atoms with van der Waals surface area (Å²) in [5.74, 6) is -0.757. The molecule has 1 atom stereocenters. The summed E-state index contributed by atoms with van der Waals surface area (Å²) in [7, 11) is 0. The van der Waals surface area contributed by atoms with E-state index in [1.165, 1.54) is 18.2 Å². The number of nitrogens with zero attached hydrogens (tertiary/aromatic N) is 1. The van der Waals surface area contributed by atoms with Crippen LogP contribution in [0.25, 0.3) is 0 Å². The van der Waals surface area contributed by atoms with Gasteiger partial charge in [-0.3, -0.25) is 14.9 Å². The molecule has 0 bridgehead atoms. The van der Waals surface area contributed by atoms with E-state index in [1.54, 1.807) is 13.0 Å². The van der Waals surface area contributed by atoms with Crippen molar-refractivity contribution in [3.63, 3.8) is 0 Å². The molecule has 3 rings (SSSR count). The van der Waals surface area contributed by atoms with Crippen LogP contribution < -0.4 is 5.32 Å². The van der Waals surface area contributed by atoms with E-state index < -0.39 is 22.4 Å². The molecule has 0 saturated heterocycles. The Hall–Kier alpha value is -2.74. The van der Waals surface area contributed by atoms with Crippen LogP contribution in [0.5, 0.6) is 0 Å². The lowest BCUT2D eigenvalue weighted by atomic mass is 9.86. The minimum absolute atomic E-state index is 0.102. The first kappa shape index (κ1) is 20.0. The molecule has 0 aromatic heterocycles. The fourth-order valence-electron chi connectivity index (χ4n) is 3.08. The van der Waals surface area contributed by atoms with Gasteiger partial charge in [-0.2, -0.15) is 0 Å². The number of carbonyl (C=O) groups excluding carboxylic acids is 2. The van der Waals surface area contributed by atoms with Gasteiger partial charge in [0.25, 0.3) is 11.6 Å². The number of fused-ring (bicyclic) bond motifs is 1. The van der Waals surface area contributed by atoms with Crippen molar-refractivity contribution in [2.24, 2.45) is 0 Å². The van der Waals surface area contributed by atoms with Crippen molar-refractivity contribution in [2.45, 2.75) is 38.7 Å². The van der Waals surface area contributed by atoms with Gasteiger partial charge in [0, 0.05) is 23.0 Å². The Kier molecular flexibility index (Phi) is 5.25. The zero-order valence-corrected chi connectivity index (χ0v) is 17.2. The van der Waals surface area contributed by atoms with Crippen LogP contribution in [0.2, 0.25) is 0 Å². The summed E-state index contributed by atoms with van der Waals surface area (Å²) >= 11 is 3.22. The summed E-state index contributed by atoms with van der Waals surface area (Å²) in [5, 5.41) is 13.5. The largest absolute Gasteiger partial charge is 0.445 e. The van der Waals surface area contributed by atoms with E-state index in [-0.39, 0.29) is 12.1 Å². The van der Waals surface area contributed by atoms with Crippen LogP contribution in [0.4, 0.5) is 11.4 Å². The Bertz CT molecular complexity index is 989. The molecule has 2 aromatic rings. The molecule has 0 aliphatic carbocycles. The van der Waals surface area contributed by atoms with Gasteiger partial charge in [-0.15, -0.1) is 0 Å². The van der Waals surface area contributed by atoms with Crippen molar-refractivity contribution in [1.82, 2.24) is 0 Å². The predicted octanol–water partition coefficient (Wildman–Crippen LogP) is 4.59. The molecular weight excluding hydrogens is 428 g/mol. The molecule has 8 heteroatoms. The van der Waals surface area contributed by atoms with Gasteiger partial charge in [0.15, 0.2) is 5.60 Å². The number of nitrogens with one attached hydrogen (secondary N) is 1. The number of carbonyl (C=O) groups is 2. The third kappa shape index (κ3) is 3.77. The number of halogens is 1. The van der Waals surface area contributed by atoms with Crippen LogP contribution in [-0.4, -0.2) is 22.4 Å². The van der Waals surface area contributed by atoms with Gasteiger partial charge in [0.2, 0.25) is 0 Å². The molecule has 1 aliphatic rings. The maximum atomic E-state index is 12.9. The number of non-ortho nitro benzene ring substituents is 1. The van der Waals surface area contributed by atoms with E-state index in [2.05, 4.69) is 35.1 Å². The fraction of sp³-hybridized carbons (Fsp3) is 0.300. The Morgan fingerprint density at radius 2 is 2.00 bits per heavy atom. The van der Waals surface area contributed by atoms with Gasteiger partial charge in [-0.05, 0) is 52.0 Å². The number of benzene rings is 2. The highest BCUT2D eigenvalue weighted by molar-refractivity contribution is 9.10. The smallest absolute Gasteiger partial charge is 0.339 e. The lowest BCUT2D eigenvalue weighted by Crippen LogP contribution is -2.49. The van der Waals surface area contributed by atoms with Gasteiger partial charge in [-0.25, -0.2) is 4.79 Å². The molecule has 0 saturated carbocycles. The highest BCUT2D eigenvalue weighted by atomic mass is 79.9. The summed E-state index contributed by atoms with van der Waals surface area (Å²) in [6.45, 7) is 5.67. The number of hydrogen-bond donors (Lipinski definition) is 1. The van der Waals surface area contributed by atoms with Crippen molar-refractivity contribution < 1.29 is 19.2 Å². The first-order chi connectivity index (χ1) is 13.1. The van der Waals surface area contributed by atoms with E-state index >= 15 is 0 Å². The van der Waals surface area contributed by atoms with Crippen molar-refractivity contribution in [3.05, 3.63) is 67.7 Å². The number of rotatable bonds is 4. The first-order valence-corrected chi connectivity index (χ1v) is 9.51. The van der Waals surface area contributed by atoms with Crippen LogP contribution in [0, 0.1) is 10.1 Å². The van der Waals surface area contributed by atoms with E-state index in [1.807, 2.05) is 12.1 Å². The topological polar surface area (TPSA) is 98.5 Å². The average Bonchev–Trinajstić information content (AvgIpc) is 2.62. The van der Waals surface area contributed by atoms with Crippen LogP contribution >= 0.6 is 15.9 Å². The second-order valence-electron chi connectivity index (χ2n) is 7.24. The summed E-state index contributed by atoms with van der Waals surface area (Å²) in [5.41, 5.74) is 1.18. The fourth-order valence-corrected chi connectivity index (χ4v) is 3.54. The van der Waals surface area contributed by atoms with Gasteiger partial charge in [0.1, 0.15) is 0 Å². The number of ether oxygens (including phenoxy) is 1. The Morgan fingerprint density at radius 3 is 2.61 bits per heavy atom. The number of hydrogen-bond acceptors (Lipinski definition) is 5. The quantitative estimate of drug-likeness (QED) is 0.420. The number of anilines is 1. The van der Waals surface area contributed by atoms with Crippen LogP contribution in [-0.2, 0) is 16.0 Å². The predicted molar refractivity (Wildman–Crippen MR) is 107 cm³/mol. The summed E-state index contributed by atoms with van der Waals surface area (Å²) in [4.78, 5) is 35.7. The lowest BCUT2D eigenvalue weighted by Gasteiger charge is -2.33. The molecule has 1 amide bonds. The Labute approximate surface area is 170 Å². The Morgan fingerprint density at radius 1 is 1.29 bits per heavy atom. The first-order valence-electron chi connectivity index (χ1n) is 8.72. The molecule has 146 valence electrons. The van der Waals surface area contributed by atoms with Crippen LogP contribution in [0.1, 0.15) is 48.2 Å². The molecule has 2 aromatic carbocycles. The SMILES string of the molecule is CC(C)c1ccc2c(c1)CC(C)(C(=O)Nc1ccc([N+](=O)[O-])cc1Br)OC2=O. The van der Waals surface area contributed by atoms with E-state index in [0.29, 0.717) is 21.6 Å². The van der Waals surface area contributed by atoms with Crippen LogP contribution in [0.3, 0.4) is 0 Å². The molecule has 0 spiro atoms. The van der Waals surface area contributed by atoms with Crippen molar-refractivity contribution in [2.75, 3.05) is 5.32 Å². The molecular formula is C20H19BrN2O5. The zero-order chi connectivity index (χ0) is 20.6. The summed E-state index contributed by atoms with van der Waals surface area (Å²) < 4.78 is 5.83. The van der Waals surface area contributed by atoms with Crippen molar-refractivity contribution >= 4 is 39.2 Å². The molecule has 0 radical (unpaired) electrons. The normalized spacial score (nSPS) is 18.4. The number of nitro groups is 1. The van der Waals surface area contributed by atoms with E-state index in [9.17, 15) is 19.7 Å². The minimum atomic E-state index is -1.39. The molecule has 1 heterocycles. The van der Waals surface area contributed by atoms with Crippen molar-refractivity contribution in [3.8, 4) is 0 Å². The van der Waals surface area contributed by atoms with Gasteiger partial charge in [-0.1, -0.05) is 26.0 Å². The maximum Gasteiger partial charge on any atom is 0.339 e. The maximum absolute atomic E-state index is 12.9. The van der Waals surface area contributed by atoms with E-state index in [0.717, 1.165) is 11.1 Å². The van der Waals surface area contributed by atoms with Crippen LogP contribution in [0.15, 0.2) is 40.9 Å². The minimum Gasteiger partial charge on any atom is -0.445 e. The van der Waals surface area contributed by atoms with Gasteiger partial charge >= 0.3 is 5.97 Å². The number of nitro benzene ring substituents is 1. The standard InChI is InChI=1S/C20H19BrN2O5/c1-11(2)12-4-6-15-13(8-12)10-20(3,28-18(15)24)19(25)22-17-7-5-14(23(26)27)9-16(17)21/h4-9,11H,10H2,1-3H3,(H,22,25). The number of cyclic esters (lactones) is 1. The van der Waals surface area contributed by atoms with Gasteiger partial charge in [0.05, 0.1) is 16.2 Å². The third-order valence-corrected chi connectivity index (χ3v) is 5.41. The Balaban J connectivity index is 1.87. The molecule has 28 heavy (non-hydrogen) atoms. The second kappa shape index (κ2) is 7.35. The molecule has 1 unspecified atom stereocenters. The zero-order valence-electron chi connectivity index (χ0n) is 15.6. The molecule has 1 aliphatic heterocycles. The van der Waals surface area contributed by atoms with Gasteiger partial charge < -0.3 is 10.1 Å².